The van der Waals surface area contributed by atoms with Gasteiger partial charge in [0.05, 0.1) is 13.2 Å². The molecule has 126 valence electrons. The SMILES string of the molecule is CNc1nccnc1[C@@H]1CN(C(=O)c2n[nH]c3c2CCC3)CCO1. The van der Waals surface area contributed by atoms with Crippen LogP contribution in [-0.2, 0) is 17.6 Å². The van der Waals surface area contributed by atoms with E-state index in [1.54, 1.807) is 24.3 Å². The summed E-state index contributed by atoms with van der Waals surface area (Å²) < 4.78 is 5.83. The quantitative estimate of drug-likeness (QED) is 0.871. The van der Waals surface area contributed by atoms with Crippen molar-refractivity contribution < 1.29 is 9.53 Å². The molecular formula is C16H20N6O2. The summed E-state index contributed by atoms with van der Waals surface area (Å²) in [5, 5.41) is 10.3. The van der Waals surface area contributed by atoms with Gasteiger partial charge < -0.3 is 15.0 Å². The summed E-state index contributed by atoms with van der Waals surface area (Å²) in [6.07, 6.45) is 5.97. The molecule has 0 radical (unpaired) electrons. The van der Waals surface area contributed by atoms with E-state index in [0.717, 1.165) is 36.2 Å². The van der Waals surface area contributed by atoms with Gasteiger partial charge in [-0.3, -0.25) is 14.9 Å². The summed E-state index contributed by atoms with van der Waals surface area (Å²) in [6.45, 7) is 1.49. The Morgan fingerprint density at radius 1 is 1.38 bits per heavy atom. The number of aryl methyl sites for hydroxylation is 1. The number of hydrogen-bond acceptors (Lipinski definition) is 6. The summed E-state index contributed by atoms with van der Waals surface area (Å²) in [5.41, 5.74) is 3.48. The van der Waals surface area contributed by atoms with Crippen LogP contribution in [0.4, 0.5) is 5.82 Å². The van der Waals surface area contributed by atoms with Gasteiger partial charge in [0.2, 0.25) is 0 Å². The maximum Gasteiger partial charge on any atom is 0.274 e. The minimum atomic E-state index is -0.286. The second-order valence-corrected chi connectivity index (χ2v) is 6.03. The van der Waals surface area contributed by atoms with Crippen molar-refractivity contribution in [3.8, 4) is 0 Å². The highest BCUT2D eigenvalue weighted by Gasteiger charge is 2.32. The van der Waals surface area contributed by atoms with Crippen LogP contribution in [0.25, 0.3) is 0 Å². The third-order valence-electron chi connectivity index (χ3n) is 4.63. The van der Waals surface area contributed by atoms with Gasteiger partial charge in [0.1, 0.15) is 17.6 Å². The lowest BCUT2D eigenvalue weighted by molar-refractivity contribution is -0.0247. The first-order chi connectivity index (χ1) is 11.8. The van der Waals surface area contributed by atoms with E-state index in [0.29, 0.717) is 31.2 Å². The number of aromatic nitrogens is 4. The fourth-order valence-corrected chi connectivity index (χ4v) is 3.42. The minimum Gasteiger partial charge on any atom is -0.372 e. The summed E-state index contributed by atoms with van der Waals surface area (Å²) >= 11 is 0. The van der Waals surface area contributed by atoms with Crippen LogP contribution in [0.15, 0.2) is 12.4 Å². The van der Waals surface area contributed by atoms with E-state index in [9.17, 15) is 4.79 Å². The largest absolute Gasteiger partial charge is 0.372 e. The number of amides is 1. The Hall–Kier alpha value is -2.48. The van der Waals surface area contributed by atoms with Gasteiger partial charge in [-0.15, -0.1) is 0 Å². The van der Waals surface area contributed by atoms with Crippen LogP contribution < -0.4 is 5.32 Å². The molecule has 1 aliphatic heterocycles. The maximum atomic E-state index is 12.9. The molecule has 24 heavy (non-hydrogen) atoms. The van der Waals surface area contributed by atoms with Crippen molar-refractivity contribution in [2.75, 3.05) is 32.1 Å². The molecule has 4 rings (SSSR count). The van der Waals surface area contributed by atoms with Crippen LogP contribution in [-0.4, -0.2) is 57.7 Å². The van der Waals surface area contributed by atoms with E-state index < -0.39 is 0 Å². The predicted octanol–water partition coefficient (Wildman–Crippen LogP) is 0.944. The van der Waals surface area contributed by atoms with Gasteiger partial charge in [-0.05, 0) is 19.3 Å². The molecule has 0 bridgehead atoms. The Balaban J connectivity index is 1.55. The average Bonchev–Trinajstić information content (AvgIpc) is 3.25. The Bertz CT molecular complexity index is 759. The van der Waals surface area contributed by atoms with Crippen molar-refractivity contribution >= 4 is 11.7 Å². The van der Waals surface area contributed by atoms with E-state index in [1.165, 1.54) is 0 Å². The molecule has 0 saturated carbocycles. The van der Waals surface area contributed by atoms with Crippen molar-refractivity contribution in [1.82, 2.24) is 25.1 Å². The lowest BCUT2D eigenvalue weighted by atomic mass is 10.1. The fraction of sp³-hybridized carbons (Fsp3) is 0.500. The highest BCUT2D eigenvalue weighted by molar-refractivity contribution is 5.94. The number of carbonyl (C=O) groups is 1. The lowest BCUT2D eigenvalue weighted by Crippen LogP contribution is -2.43. The first kappa shape index (κ1) is 15.1. The van der Waals surface area contributed by atoms with E-state index in [2.05, 4.69) is 25.5 Å². The molecule has 3 heterocycles. The van der Waals surface area contributed by atoms with Gasteiger partial charge in [-0.2, -0.15) is 5.10 Å². The normalized spacial score (nSPS) is 20.0. The topological polar surface area (TPSA) is 96.0 Å². The molecule has 2 N–H and O–H groups in total. The third kappa shape index (κ3) is 2.52. The first-order valence-corrected chi connectivity index (χ1v) is 8.23. The number of nitrogens with zero attached hydrogens (tertiary/aromatic N) is 4. The molecule has 8 nitrogen and oxygen atoms in total. The van der Waals surface area contributed by atoms with Crippen LogP contribution >= 0.6 is 0 Å². The summed E-state index contributed by atoms with van der Waals surface area (Å²) in [7, 11) is 1.80. The van der Waals surface area contributed by atoms with Gasteiger partial charge in [0.25, 0.3) is 5.91 Å². The second-order valence-electron chi connectivity index (χ2n) is 6.03. The highest BCUT2D eigenvalue weighted by Crippen LogP contribution is 2.28. The predicted molar refractivity (Wildman–Crippen MR) is 86.8 cm³/mol. The summed E-state index contributed by atoms with van der Waals surface area (Å²) in [4.78, 5) is 23.3. The van der Waals surface area contributed by atoms with Crippen molar-refractivity contribution in [3.05, 3.63) is 35.0 Å². The zero-order chi connectivity index (χ0) is 16.5. The van der Waals surface area contributed by atoms with Gasteiger partial charge in [0, 0.05) is 37.2 Å². The minimum absolute atomic E-state index is 0.0300. The van der Waals surface area contributed by atoms with E-state index in [4.69, 9.17) is 4.74 Å². The average molecular weight is 328 g/mol. The number of nitrogens with one attached hydrogen (secondary N) is 2. The number of H-pyrrole nitrogens is 1. The molecule has 1 saturated heterocycles. The van der Waals surface area contributed by atoms with Crippen molar-refractivity contribution in [1.29, 1.82) is 0 Å². The smallest absolute Gasteiger partial charge is 0.274 e. The Morgan fingerprint density at radius 3 is 3.12 bits per heavy atom. The number of fused-ring (bicyclic) bond motifs is 1. The Labute approximate surface area is 139 Å². The zero-order valence-electron chi connectivity index (χ0n) is 13.6. The lowest BCUT2D eigenvalue weighted by Gasteiger charge is -2.32. The molecule has 0 spiro atoms. The van der Waals surface area contributed by atoms with E-state index in [1.807, 2.05) is 0 Å². The Morgan fingerprint density at radius 2 is 2.25 bits per heavy atom. The summed E-state index contributed by atoms with van der Waals surface area (Å²) in [6, 6.07) is 0. The number of hydrogen-bond donors (Lipinski definition) is 2. The van der Waals surface area contributed by atoms with E-state index in [-0.39, 0.29) is 12.0 Å². The first-order valence-electron chi connectivity index (χ1n) is 8.23. The molecule has 2 aliphatic rings. The van der Waals surface area contributed by atoms with Gasteiger partial charge in [-0.25, -0.2) is 4.98 Å². The standard InChI is InChI=1S/C16H20N6O2/c1-17-15-14(18-5-6-19-15)12-9-22(7-8-24-12)16(23)13-10-3-2-4-11(10)20-21-13/h5-6,12H,2-4,7-9H2,1H3,(H,17,19)(H,20,21)/t12-/m0/s1. The maximum absolute atomic E-state index is 12.9. The molecule has 8 heteroatoms. The third-order valence-corrected chi connectivity index (χ3v) is 4.63. The monoisotopic (exact) mass is 328 g/mol. The number of morpholine rings is 1. The van der Waals surface area contributed by atoms with Crippen molar-refractivity contribution in [2.45, 2.75) is 25.4 Å². The molecule has 1 atom stereocenters. The van der Waals surface area contributed by atoms with Gasteiger partial charge >= 0.3 is 0 Å². The number of rotatable bonds is 3. The molecule has 2 aromatic rings. The highest BCUT2D eigenvalue weighted by atomic mass is 16.5. The zero-order valence-corrected chi connectivity index (χ0v) is 13.6. The van der Waals surface area contributed by atoms with Crippen LogP contribution in [0, 0.1) is 0 Å². The molecule has 0 aromatic carbocycles. The number of aromatic amines is 1. The van der Waals surface area contributed by atoms with Crippen molar-refractivity contribution in [3.63, 3.8) is 0 Å². The van der Waals surface area contributed by atoms with Crippen LogP contribution in [0.2, 0.25) is 0 Å². The van der Waals surface area contributed by atoms with Crippen LogP contribution in [0.5, 0.6) is 0 Å². The molecule has 1 aliphatic carbocycles. The number of anilines is 1. The molecule has 1 amide bonds. The summed E-state index contributed by atoms with van der Waals surface area (Å²) in [5.74, 6) is 0.648. The molecule has 0 unspecified atom stereocenters. The van der Waals surface area contributed by atoms with Crippen LogP contribution in [0.1, 0.15) is 40.0 Å². The number of carbonyl (C=O) groups excluding carboxylic acids is 1. The van der Waals surface area contributed by atoms with E-state index >= 15 is 0 Å². The number of ether oxygens (including phenoxy) is 1. The second kappa shape index (κ2) is 6.20. The van der Waals surface area contributed by atoms with Gasteiger partial charge in [0.15, 0.2) is 5.69 Å². The molecule has 2 aromatic heterocycles. The fourth-order valence-electron chi connectivity index (χ4n) is 3.42. The van der Waals surface area contributed by atoms with Gasteiger partial charge in [-0.1, -0.05) is 0 Å². The molecular weight excluding hydrogens is 308 g/mol. The van der Waals surface area contributed by atoms with Crippen LogP contribution in [0.3, 0.4) is 0 Å². The van der Waals surface area contributed by atoms with Crippen molar-refractivity contribution in [2.24, 2.45) is 0 Å². The Kier molecular flexibility index (Phi) is 3.89. The molecule has 1 fully saturated rings.